The van der Waals surface area contributed by atoms with E-state index in [9.17, 15) is 24.3 Å². The van der Waals surface area contributed by atoms with Crippen molar-refractivity contribution in [1.29, 1.82) is 0 Å². The van der Waals surface area contributed by atoms with Gasteiger partial charge in [-0.15, -0.1) is 0 Å². The first-order chi connectivity index (χ1) is 15.6. The number of aryl methyl sites for hydroxylation is 1. The van der Waals surface area contributed by atoms with E-state index in [1.807, 2.05) is 0 Å². The molecule has 0 fully saturated rings. The number of rotatable bonds is 7. The summed E-state index contributed by atoms with van der Waals surface area (Å²) in [5, 5.41) is 12.2. The molecule has 1 unspecified atom stereocenters. The zero-order chi connectivity index (χ0) is 24.3. The second-order valence-corrected chi connectivity index (χ2v) is 8.40. The van der Waals surface area contributed by atoms with Crippen molar-refractivity contribution in [2.45, 2.75) is 19.0 Å². The molecule has 4 N–H and O–H groups in total. The summed E-state index contributed by atoms with van der Waals surface area (Å²) < 4.78 is 2.87. The van der Waals surface area contributed by atoms with Crippen molar-refractivity contribution < 1.29 is 14.7 Å². The van der Waals surface area contributed by atoms with Crippen LogP contribution in [0.4, 0.5) is 0 Å². The second kappa shape index (κ2) is 9.97. The number of hydrogen-bond donors (Lipinski definition) is 3. The van der Waals surface area contributed by atoms with Gasteiger partial charge in [0.2, 0.25) is 0 Å². The quantitative estimate of drug-likeness (QED) is 0.435. The number of benzene rings is 2. The van der Waals surface area contributed by atoms with Crippen molar-refractivity contribution in [2.24, 2.45) is 19.8 Å². The molecule has 0 bridgehead atoms. The minimum atomic E-state index is -1.18. The molecule has 1 aromatic heterocycles. The van der Waals surface area contributed by atoms with E-state index in [0.717, 1.165) is 4.57 Å². The maximum Gasteiger partial charge on any atom is 0.330 e. The summed E-state index contributed by atoms with van der Waals surface area (Å²) in [6, 6.07) is 10.7. The fourth-order valence-electron chi connectivity index (χ4n) is 3.49. The van der Waals surface area contributed by atoms with E-state index in [1.165, 1.54) is 17.8 Å². The van der Waals surface area contributed by atoms with Crippen LogP contribution in [-0.4, -0.2) is 32.2 Å². The van der Waals surface area contributed by atoms with E-state index < -0.39 is 29.2 Å². The summed E-state index contributed by atoms with van der Waals surface area (Å²) in [5.74, 6) is -1.72. The van der Waals surface area contributed by atoms with Crippen LogP contribution in [0.3, 0.4) is 0 Å². The third kappa shape index (κ3) is 5.12. The number of nitrogens with two attached hydrogens (primary N) is 1. The van der Waals surface area contributed by atoms with Crippen molar-refractivity contribution in [3.05, 3.63) is 90.7 Å². The average Bonchev–Trinajstić information content (AvgIpc) is 2.79. The van der Waals surface area contributed by atoms with Crippen molar-refractivity contribution in [1.82, 2.24) is 14.5 Å². The second-order valence-electron chi connectivity index (χ2n) is 7.54. The van der Waals surface area contributed by atoms with Crippen LogP contribution < -0.4 is 22.3 Å². The molecular formula is C23H23BrN4O5. The molecule has 0 saturated heterocycles. The molecule has 0 aliphatic carbocycles. The molecule has 1 atom stereocenters. The molecule has 0 saturated carbocycles. The molecule has 0 radical (unpaired) electrons. The average molecular weight is 515 g/mol. The number of aromatic nitrogens is 2. The van der Waals surface area contributed by atoms with Crippen LogP contribution in [0.25, 0.3) is 11.1 Å². The van der Waals surface area contributed by atoms with Crippen LogP contribution in [0.15, 0.2) is 62.7 Å². The Hall–Kier alpha value is -3.50. The molecule has 3 aromatic rings. The highest BCUT2D eigenvalue weighted by Crippen LogP contribution is 2.21. The topological polar surface area (TPSA) is 136 Å². The minimum Gasteiger partial charge on any atom is -0.480 e. The lowest BCUT2D eigenvalue weighted by Crippen LogP contribution is -2.42. The number of hydrogen-bond acceptors (Lipinski definition) is 5. The fraction of sp³-hybridized carbons (Fsp3) is 0.217. The van der Waals surface area contributed by atoms with Crippen LogP contribution in [-0.2, 0) is 31.9 Å². The number of carboxylic acids is 1. The maximum absolute atomic E-state index is 12.8. The predicted octanol–water partition coefficient (Wildman–Crippen LogP) is 1.40. The van der Waals surface area contributed by atoms with Crippen LogP contribution >= 0.6 is 15.9 Å². The first-order valence-corrected chi connectivity index (χ1v) is 10.8. The van der Waals surface area contributed by atoms with Crippen LogP contribution in [0.2, 0.25) is 0 Å². The van der Waals surface area contributed by atoms with Crippen molar-refractivity contribution >= 4 is 27.8 Å². The molecule has 9 nitrogen and oxygen atoms in total. The van der Waals surface area contributed by atoms with Gasteiger partial charge in [-0.05, 0) is 38.7 Å². The number of nitrogens with one attached hydrogen (secondary N) is 1. The molecule has 172 valence electrons. The van der Waals surface area contributed by atoms with Crippen molar-refractivity contribution in [3.63, 3.8) is 0 Å². The highest BCUT2D eigenvalue weighted by atomic mass is 79.9. The Bertz CT molecular complexity index is 1330. The molecule has 33 heavy (non-hydrogen) atoms. The molecule has 0 spiro atoms. The van der Waals surface area contributed by atoms with Gasteiger partial charge in [0.1, 0.15) is 6.04 Å². The molecule has 1 amide bonds. The number of carbonyl (C=O) groups is 2. The van der Waals surface area contributed by atoms with E-state index in [2.05, 4.69) is 21.2 Å². The van der Waals surface area contributed by atoms with Crippen LogP contribution in [0.1, 0.15) is 21.5 Å². The van der Waals surface area contributed by atoms with Gasteiger partial charge in [0.25, 0.3) is 11.5 Å². The van der Waals surface area contributed by atoms with E-state index in [4.69, 9.17) is 5.73 Å². The number of carboxylic acid groups (broad SMARTS) is 1. The van der Waals surface area contributed by atoms with Gasteiger partial charge in [-0.3, -0.25) is 14.2 Å². The Kier molecular flexibility index (Phi) is 7.29. The predicted molar refractivity (Wildman–Crippen MR) is 127 cm³/mol. The van der Waals surface area contributed by atoms with Gasteiger partial charge >= 0.3 is 11.7 Å². The standard InChI is InChI=1S/C23H23BrN4O5/c1-27-12-16(21(30)28(2)23(27)33)14-8-6-13(7-9-14)10-18(22(31)32)26-20(29)19-15(11-25)4-3-5-17(19)24/h3-9,12,18H,10-11,25H2,1-2H3,(H,26,29)(H,31,32). The van der Waals surface area contributed by atoms with Gasteiger partial charge in [-0.2, -0.15) is 0 Å². The zero-order valence-corrected chi connectivity index (χ0v) is 19.6. The largest absolute Gasteiger partial charge is 0.480 e. The molecule has 0 aliphatic heterocycles. The van der Waals surface area contributed by atoms with E-state index in [1.54, 1.807) is 49.5 Å². The summed E-state index contributed by atoms with van der Waals surface area (Å²) in [6.07, 6.45) is 1.50. The molecule has 0 aliphatic rings. The van der Waals surface area contributed by atoms with Gasteiger partial charge in [-0.1, -0.05) is 36.4 Å². The minimum absolute atomic E-state index is 0.0368. The van der Waals surface area contributed by atoms with Gasteiger partial charge in [-0.25, -0.2) is 9.59 Å². The summed E-state index contributed by atoms with van der Waals surface area (Å²) in [6.45, 7) is 0.131. The molecule has 10 heteroatoms. The fourth-order valence-corrected chi connectivity index (χ4v) is 4.07. The number of aliphatic carboxylic acids is 1. The number of carbonyl (C=O) groups excluding carboxylic acids is 1. The van der Waals surface area contributed by atoms with Crippen molar-refractivity contribution in [3.8, 4) is 11.1 Å². The van der Waals surface area contributed by atoms with Gasteiger partial charge < -0.3 is 20.7 Å². The highest BCUT2D eigenvalue weighted by molar-refractivity contribution is 9.10. The Morgan fingerprint density at radius 1 is 1.12 bits per heavy atom. The number of nitrogens with zero attached hydrogens (tertiary/aromatic N) is 2. The Morgan fingerprint density at radius 3 is 2.39 bits per heavy atom. The maximum atomic E-state index is 12.8. The van der Waals surface area contributed by atoms with Gasteiger partial charge in [0.05, 0.1) is 11.1 Å². The SMILES string of the molecule is Cn1cc(-c2ccc(CC(NC(=O)c3c(Br)cccc3CN)C(=O)O)cc2)c(=O)n(C)c1=O. The molecule has 3 rings (SSSR count). The Morgan fingerprint density at radius 2 is 1.79 bits per heavy atom. The van der Waals surface area contributed by atoms with Gasteiger partial charge in [0.15, 0.2) is 0 Å². The third-order valence-electron chi connectivity index (χ3n) is 5.30. The zero-order valence-electron chi connectivity index (χ0n) is 18.0. The highest BCUT2D eigenvalue weighted by Gasteiger charge is 2.23. The molecule has 2 aromatic carbocycles. The Balaban J connectivity index is 1.83. The van der Waals surface area contributed by atoms with Crippen LogP contribution in [0, 0.1) is 0 Å². The van der Waals surface area contributed by atoms with Gasteiger partial charge in [0, 0.05) is 37.7 Å². The summed E-state index contributed by atoms with van der Waals surface area (Å²) in [5.41, 5.74) is 7.34. The van der Waals surface area contributed by atoms with E-state index in [0.29, 0.717) is 32.3 Å². The normalized spacial score (nSPS) is 11.8. The summed E-state index contributed by atoms with van der Waals surface area (Å²) in [4.78, 5) is 48.9. The molecule has 1 heterocycles. The lowest BCUT2D eigenvalue weighted by atomic mass is 10.0. The first-order valence-electron chi connectivity index (χ1n) is 10.0. The number of amides is 1. The third-order valence-corrected chi connectivity index (χ3v) is 5.96. The lowest BCUT2D eigenvalue weighted by molar-refractivity contribution is -0.139. The van der Waals surface area contributed by atoms with E-state index in [-0.39, 0.29) is 13.0 Å². The lowest BCUT2D eigenvalue weighted by Gasteiger charge is -2.17. The molecular weight excluding hydrogens is 492 g/mol. The smallest absolute Gasteiger partial charge is 0.330 e. The summed E-state index contributed by atoms with van der Waals surface area (Å²) in [7, 11) is 2.96. The summed E-state index contributed by atoms with van der Waals surface area (Å²) >= 11 is 3.32. The van der Waals surface area contributed by atoms with Crippen molar-refractivity contribution in [2.75, 3.05) is 0 Å². The van der Waals surface area contributed by atoms with Crippen LogP contribution in [0.5, 0.6) is 0 Å². The van der Waals surface area contributed by atoms with E-state index >= 15 is 0 Å². The monoisotopic (exact) mass is 514 g/mol. The number of halogens is 1. The Labute approximate surface area is 197 Å². The first kappa shape index (κ1) is 24.1.